The molecule has 0 radical (unpaired) electrons. The minimum Gasteiger partial charge on any atom is -0.444 e. The van der Waals surface area contributed by atoms with Gasteiger partial charge in [0.2, 0.25) is 0 Å². The number of aliphatic hydroxyl groups is 2. The number of ether oxygens (including phenoxy) is 1. The Bertz CT molecular complexity index is 284. The van der Waals surface area contributed by atoms with Crippen LogP contribution in [0.5, 0.6) is 0 Å². The van der Waals surface area contributed by atoms with Gasteiger partial charge in [-0.25, -0.2) is 4.79 Å². The van der Waals surface area contributed by atoms with Gasteiger partial charge in [-0.15, -0.1) is 0 Å². The number of hydrogen-bond donors (Lipinski definition) is 3. The zero-order valence-electron chi connectivity index (χ0n) is 12.2. The number of aliphatic hydroxyl groups excluding tert-OH is 2. The highest BCUT2D eigenvalue weighted by atomic mass is 16.6. The summed E-state index contributed by atoms with van der Waals surface area (Å²) < 4.78 is 5.20. The molecule has 0 heterocycles. The van der Waals surface area contributed by atoms with Gasteiger partial charge in [0.15, 0.2) is 0 Å². The first-order valence-corrected chi connectivity index (χ1v) is 7.07. The predicted molar refractivity (Wildman–Crippen MR) is 72.8 cm³/mol. The smallest absolute Gasteiger partial charge is 0.407 e. The second-order valence-corrected chi connectivity index (χ2v) is 6.39. The fraction of sp³-hybridized carbons (Fsp3) is 0.929. The number of nitrogens with one attached hydrogen (secondary N) is 1. The molecular formula is C14H27NO4. The van der Waals surface area contributed by atoms with Crippen LogP contribution in [0.25, 0.3) is 0 Å². The summed E-state index contributed by atoms with van der Waals surface area (Å²) in [7, 11) is 0. The molecule has 0 aromatic rings. The van der Waals surface area contributed by atoms with Gasteiger partial charge in [-0.3, -0.25) is 0 Å². The van der Waals surface area contributed by atoms with Gasteiger partial charge in [0.05, 0.1) is 12.6 Å². The Labute approximate surface area is 115 Å². The Morgan fingerprint density at radius 3 is 2.42 bits per heavy atom. The van der Waals surface area contributed by atoms with Crippen LogP contribution in [0.2, 0.25) is 0 Å². The number of alkyl carbamates (subject to hydrolysis) is 1. The first-order valence-electron chi connectivity index (χ1n) is 7.07. The largest absolute Gasteiger partial charge is 0.444 e. The molecule has 0 bridgehead atoms. The van der Waals surface area contributed by atoms with E-state index >= 15 is 0 Å². The SMILES string of the molecule is CC(C)(C)OC(=O)N[C@@H](CO)[C@@H](CCO)CC1CC1. The van der Waals surface area contributed by atoms with Crippen molar-refractivity contribution in [3.8, 4) is 0 Å². The Morgan fingerprint density at radius 2 is 2.00 bits per heavy atom. The number of carbonyl (C=O) groups is 1. The average molecular weight is 273 g/mol. The van der Waals surface area contributed by atoms with Crippen molar-refractivity contribution < 1.29 is 19.7 Å². The maximum absolute atomic E-state index is 11.7. The Hall–Kier alpha value is -0.810. The highest BCUT2D eigenvalue weighted by molar-refractivity contribution is 5.68. The third-order valence-corrected chi connectivity index (χ3v) is 3.30. The van der Waals surface area contributed by atoms with E-state index in [1.165, 1.54) is 12.8 Å². The van der Waals surface area contributed by atoms with E-state index in [2.05, 4.69) is 5.32 Å². The Morgan fingerprint density at radius 1 is 1.37 bits per heavy atom. The molecule has 112 valence electrons. The molecule has 0 unspecified atom stereocenters. The summed E-state index contributed by atoms with van der Waals surface area (Å²) in [5.41, 5.74) is -0.549. The van der Waals surface area contributed by atoms with Gasteiger partial charge in [-0.05, 0) is 45.4 Å². The molecule has 0 spiro atoms. The first-order chi connectivity index (χ1) is 8.85. The fourth-order valence-electron chi connectivity index (χ4n) is 2.20. The van der Waals surface area contributed by atoms with Crippen LogP contribution < -0.4 is 5.32 Å². The number of hydrogen-bond acceptors (Lipinski definition) is 4. The molecule has 1 saturated carbocycles. The van der Waals surface area contributed by atoms with E-state index in [9.17, 15) is 9.90 Å². The lowest BCUT2D eigenvalue weighted by Crippen LogP contribution is -2.45. The van der Waals surface area contributed by atoms with Gasteiger partial charge in [0, 0.05) is 6.61 Å². The van der Waals surface area contributed by atoms with E-state index in [1.807, 2.05) is 0 Å². The molecule has 5 nitrogen and oxygen atoms in total. The van der Waals surface area contributed by atoms with E-state index < -0.39 is 11.7 Å². The van der Waals surface area contributed by atoms with Gasteiger partial charge in [0.1, 0.15) is 5.60 Å². The molecule has 1 fully saturated rings. The van der Waals surface area contributed by atoms with E-state index in [1.54, 1.807) is 20.8 Å². The van der Waals surface area contributed by atoms with Crippen molar-refractivity contribution in [2.24, 2.45) is 11.8 Å². The molecule has 1 amide bonds. The second kappa shape index (κ2) is 7.10. The number of carbonyl (C=O) groups excluding carboxylic acids is 1. The summed E-state index contributed by atoms with van der Waals surface area (Å²) in [6.07, 6.45) is 3.46. The number of rotatable bonds is 7. The quantitative estimate of drug-likeness (QED) is 0.659. The molecule has 19 heavy (non-hydrogen) atoms. The summed E-state index contributed by atoms with van der Waals surface area (Å²) in [6, 6.07) is -0.345. The topological polar surface area (TPSA) is 78.8 Å². The van der Waals surface area contributed by atoms with Gasteiger partial charge in [-0.2, -0.15) is 0 Å². The van der Waals surface area contributed by atoms with Crippen LogP contribution in [0, 0.1) is 11.8 Å². The lowest BCUT2D eigenvalue weighted by molar-refractivity contribution is 0.0438. The monoisotopic (exact) mass is 273 g/mol. The molecule has 0 saturated heterocycles. The summed E-state index contributed by atoms with van der Waals surface area (Å²) in [5.74, 6) is 0.793. The average Bonchev–Trinajstić information content (AvgIpc) is 3.07. The van der Waals surface area contributed by atoms with Crippen molar-refractivity contribution >= 4 is 6.09 Å². The van der Waals surface area contributed by atoms with Crippen molar-refractivity contribution in [3.63, 3.8) is 0 Å². The summed E-state index contributed by atoms with van der Waals surface area (Å²) >= 11 is 0. The highest BCUT2D eigenvalue weighted by Gasteiger charge is 2.31. The van der Waals surface area contributed by atoms with Crippen LogP contribution in [0.15, 0.2) is 0 Å². The number of amides is 1. The maximum atomic E-state index is 11.7. The van der Waals surface area contributed by atoms with Crippen LogP contribution in [-0.2, 0) is 4.74 Å². The van der Waals surface area contributed by atoms with Crippen molar-refractivity contribution in [2.45, 2.75) is 58.1 Å². The van der Waals surface area contributed by atoms with Gasteiger partial charge < -0.3 is 20.3 Å². The van der Waals surface area contributed by atoms with Crippen LogP contribution in [0.4, 0.5) is 4.79 Å². The van der Waals surface area contributed by atoms with E-state index in [0.29, 0.717) is 12.3 Å². The van der Waals surface area contributed by atoms with Crippen molar-refractivity contribution in [3.05, 3.63) is 0 Å². The standard InChI is InChI=1S/C14H27NO4/c1-14(2,3)19-13(18)15-12(9-17)11(6-7-16)8-10-4-5-10/h10-12,16-17H,4-9H2,1-3H3,(H,15,18)/t11-,12-/m0/s1. The third kappa shape index (κ3) is 6.78. The Kier molecular flexibility index (Phi) is 6.07. The van der Waals surface area contributed by atoms with Crippen LogP contribution in [0.1, 0.15) is 46.5 Å². The molecular weight excluding hydrogens is 246 g/mol. The van der Waals surface area contributed by atoms with Gasteiger partial charge in [-0.1, -0.05) is 12.8 Å². The van der Waals surface area contributed by atoms with Crippen molar-refractivity contribution in [1.82, 2.24) is 5.32 Å². The van der Waals surface area contributed by atoms with Gasteiger partial charge in [0.25, 0.3) is 0 Å². The molecule has 0 aromatic carbocycles. The molecule has 3 N–H and O–H groups in total. The minimum absolute atomic E-state index is 0.0733. The molecule has 2 atom stereocenters. The zero-order chi connectivity index (χ0) is 14.5. The molecule has 1 aliphatic carbocycles. The fourth-order valence-corrected chi connectivity index (χ4v) is 2.20. The first kappa shape index (κ1) is 16.2. The van der Waals surface area contributed by atoms with E-state index in [-0.39, 0.29) is 25.2 Å². The lowest BCUT2D eigenvalue weighted by Gasteiger charge is -2.28. The third-order valence-electron chi connectivity index (χ3n) is 3.30. The van der Waals surface area contributed by atoms with Crippen LogP contribution >= 0.6 is 0 Å². The van der Waals surface area contributed by atoms with Crippen molar-refractivity contribution in [2.75, 3.05) is 13.2 Å². The maximum Gasteiger partial charge on any atom is 0.407 e. The zero-order valence-corrected chi connectivity index (χ0v) is 12.2. The van der Waals surface area contributed by atoms with E-state index in [0.717, 1.165) is 6.42 Å². The van der Waals surface area contributed by atoms with Crippen LogP contribution in [0.3, 0.4) is 0 Å². The highest BCUT2D eigenvalue weighted by Crippen LogP contribution is 2.37. The normalized spacial score (nSPS) is 18.8. The molecule has 5 heteroatoms. The summed E-state index contributed by atoms with van der Waals surface area (Å²) in [5, 5.41) is 21.3. The van der Waals surface area contributed by atoms with Crippen molar-refractivity contribution in [1.29, 1.82) is 0 Å². The second-order valence-electron chi connectivity index (χ2n) is 6.39. The molecule has 0 aliphatic heterocycles. The molecule has 1 rings (SSSR count). The summed E-state index contributed by atoms with van der Waals surface area (Å²) in [4.78, 5) is 11.7. The minimum atomic E-state index is -0.549. The van der Waals surface area contributed by atoms with E-state index in [4.69, 9.17) is 9.84 Å². The van der Waals surface area contributed by atoms with Gasteiger partial charge >= 0.3 is 6.09 Å². The molecule has 1 aliphatic rings. The lowest BCUT2D eigenvalue weighted by atomic mass is 9.91. The summed E-state index contributed by atoms with van der Waals surface area (Å²) in [6.45, 7) is 5.35. The Balaban J connectivity index is 2.50. The predicted octanol–water partition coefficient (Wildman–Crippen LogP) is 1.67. The van der Waals surface area contributed by atoms with Crippen LogP contribution in [-0.4, -0.2) is 41.2 Å². The molecule has 0 aromatic heterocycles.